The van der Waals surface area contributed by atoms with E-state index in [0.29, 0.717) is 6.54 Å². The lowest BCUT2D eigenvalue weighted by Gasteiger charge is -2.31. The van der Waals surface area contributed by atoms with Crippen LogP contribution in [0.2, 0.25) is 0 Å². The zero-order chi connectivity index (χ0) is 21.7. The first-order chi connectivity index (χ1) is 15.3. The lowest BCUT2D eigenvalue weighted by atomic mass is 9.94. The standard InChI is InChI=1S/C25H42N4O2.HI/c1-3-26-25(27-15-9-16-31-24-14-17-30-20-24)28-18-21-10-7-8-11-22(21)19-29(2)23-12-5-4-6-13-23;/h7-8,10-11,23-24H,3-6,9,12-20H2,1-2H3,(H2,26,27,28);1H. The maximum atomic E-state index is 5.85. The molecular weight excluding hydrogens is 515 g/mol. The molecule has 182 valence electrons. The highest BCUT2D eigenvalue weighted by Gasteiger charge is 2.19. The number of rotatable bonds is 11. The topological polar surface area (TPSA) is 58.1 Å². The highest BCUT2D eigenvalue weighted by molar-refractivity contribution is 14.0. The van der Waals surface area contributed by atoms with Crippen LogP contribution in [0.25, 0.3) is 0 Å². The van der Waals surface area contributed by atoms with Crippen LogP contribution < -0.4 is 10.6 Å². The van der Waals surface area contributed by atoms with Gasteiger partial charge in [-0.25, -0.2) is 4.99 Å². The van der Waals surface area contributed by atoms with Gasteiger partial charge in [0, 0.05) is 38.9 Å². The minimum absolute atomic E-state index is 0. The quantitative estimate of drug-likeness (QED) is 0.184. The molecule has 0 bridgehead atoms. The molecule has 6 nitrogen and oxygen atoms in total. The summed E-state index contributed by atoms with van der Waals surface area (Å²) in [4.78, 5) is 7.40. The van der Waals surface area contributed by atoms with Crippen molar-refractivity contribution < 1.29 is 9.47 Å². The number of nitrogens with zero attached hydrogens (tertiary/aromatic N) is 2. The van der Waals surface area contributed by atoms with Crippen LogP contribution in [0.1, 0.15) is 63.0 Å². The molecule has 32 heavy (non-hydrogen) atoms. The average molecular weight is 559 g/mol. The fraction of sp³-hybridized carbons (Fsp3) is 0.720. The molecule has 0 aromatic heterocycles. The maximum Gasteiger partial charge on any atom is 0.191 e. The SMILES string of the molecule is CCNC(=NCc1ccccc1CN(C)C1CCCCC1)NCCCOC1CCOC1.I. The van der Waals surface area contributed by atoms with Crippen LogP contribution in [0.3, 0.4) is 0 Å². The summed E-state index contributed by atoms with van der Waals surface area (Å²) in [5.74, 6) is 0.877. The Bertz CT molecular complexity index is 661. The van der Waals surface area contributed by atoms with Crippen molar-refractivity contribution >= 4 is 29.9 Å². The van der Waals surface area contributed by atoms with Crippen molar-refractivity contribution in [3.63, 3.8) is 0 Å². The smallest absolute Gasteiger partial charge is 0.191 e. The molecule has 1 saturated carbocycles. The molecule has 1 aliphatic carbocycles. The zero-order valence-electron chi connectivity index (χ0n) is 20.0. The summed E-state index contributed by atoms with van der Waals surface area (Å²) in [5.41, 5.74) is 2.70. The van der Waals surface area contributed by atoms with E-state index < -0.39 is 0 Å². The molecule has 0 spiro atoms. The van der Waals surface area contributed by atoms with Gasteiger partial charge in [0.2, 0.25) is 0 Å². The fourth-order valence-electron chi connectivity index (χ4n) is 4.46. The van der Waals surface area contributed by atoms with E-state index in [1.165, 1.54) is 43.2 Å². The number of hydrogen-bond donors (Lipinski definition) is 2. The number of guanidine groups is 1. The van der Waals surface area contributed by atoms with Crippen molar-refractivity contribution in [3.8, 4) is 0 Å². The third kappa shape index (κ3) is 9.53. The van der Waals surface area contributed by atoms with E-state index in [1.807, 2.05) is 0 Å². The number of halogens is 1. The summed E-state index contributed by atoms with van der Waals surface area (Å²) in [5, 5.41) is 6.81. The number of aliphatic imine (C=N–C) groups is 1. The Morgan fingerprint density at radius 1 is 1.12 bits per heavy atom. The molecule has 3 rings (SSSR count). The maximum absolute atomic E-state index is 5.85. The Morgan fingerprint density at radius 2 is 1.91 bits per heavy atom. The third-order valence-corrected chi connectivity index (χ3v) is 6.34. The molecule has 1 aromatic carbocycles. The van der Waals surface area contributed by atoms with Crippen molar-refractivity contribution in [1.82, 2.24) is 15.5 Å². The first-order valence-corrected chi connectivity index (χ1v) is 12.2. The molecule has 0 amide bonds. The molecule has 1 heterocycles. The Labute approximate surface area is 211 Å². The van der Waals surface area contributed by atoms with Gasteiger partial charge in [-0.05, 0) is 50.8 Å². The Hall–Kier alpha value is -0.900. The molecule has 0 radical (unpaired) electrons. The second kappa shape index (κ2) is 15.9. The van der Waals surface area contributed by atoms with Crippen LogP contribution in [-0.2, 0) is 22.6 Å². The van der Waals surface area contributed by atoms with E-state index in [9.17, 15) is 0 Å². The number of nitrogens with one attached hydrogen (secondary N) is 2. The van der Waals surface area contributed by atoms with Crippen LogP contribution >= 0.6 is 24.0 Å². The van der Waals surface area contributed by atoms with Crippen LogP contribution in [0.4, 0.5) is 0 Å². The molecule has 2 fully saturated rings. The minimum Gasteiger partial charge on any atom is -0.379 e. The summed E-state index contributed by atoms with van der Waals surface area (Å²) < 4.78 is 11.2. The summed E-state index contributed by atoms with van der Waals surface area (Å²) in [6.45, 7) is 7.84. The van der Waals surface area contributed by atoms with Crippen molar-refractivity contribution in [2.75, 3.05) is 40.0 Å². The molecular formula is C25H43IN4O2. The number of ether oxygens (including phenoxy) is 2. The lowest BCUT2D eigenvalue weighted by Crippen LogP contribution is -2.38. The monoisotopic (exact) mass is 558 g/mol. The van der Waals surface area contributed by atoms with Gasteiger partial charge >= 0.3 is 0 Å². The highest BCUT2D eigenvalue weighted by Crippen LogP contribution is 2.23. The van der Waals surface area contributed by atoms with Crippen molar-refractivity contribution in [2.24, 2.45) is 4.99 Å². The Morgan fingerprint density at radius 3 is 2.62 bits per heavy atom. The number of hydrogen-bond acceptors (Lipinski definition) is 4. The summed E-state index contributed by atoms with van der Waals surface area (Å²) in [6, 6.07) is 9.47. The van der Waals surface area contributed by atoms with E-state index in [1.54, 1.807) is 0 Å². The van der Waals surface area contributed by atoms with Gasteiger partial charge in [-0.15, -0.1) is 24.0 Å². The molecule has 1 saturated heterocycles. The molecule has 7 heteroatoms. The van der Waals surface area contributed by atoms with E-state index in [0.717, 1.165) is 64.3 Å². The van der Waals surface area contributed by atoms with Gasteiger partial charge in [-0.2, -0.15) is 0 Å². The Kier molecular flexibility index (Phi) is 13.5. The molecule has 1 atom stereocenters. The van der Waals surface area contributed by atoms with Crippen molar-refractivity contribution in [1.29, 1.82) is 0 Å². The first-order valence-electron chi connectivity index (χ1n) is 12.2. The molecule has 1 aromatic rings. The summed E-state index contributed by atoms with van der Waals surface area (Å²) in [6.07, 6.45) is 9.08. The van der Waals surface area contributed by atoms with Gasteiger partial charge in [0.25, 0.3) is 0 Å². The summed E-state index contributed by atoms with van der Waals surface area (Å²) in [7, 11) is 2.28. The third-order valence-electron chi connectivity index (χ3n) is 6.34. The van der Waals surface area contributed by atoms with E-state index >= 15 is 0 Å². The van der Waals surface area contributed by atoms with Crippen molar-refractivity contribution in [2.45, 2.75) is 77.1 Å². The second-order valence-electron chi connectivity index (χ2n) is 8.81. The second-order valence-corrected chi connectivity index (χ2v) is 8.81. The summed E-state index contributed by atoms with van der Waals surface area (Å²) >= 11 is 0. The molecule has 2 aliphatic rings. The van der Waals surface area contributed by atoms with Crippen LogP contribution in [-0.4, -0.2) is 63.0 Å². The van der Waals surface area contributed by atoms with E-state index in [-0.39, 0.29) is 30.1 Å². The van der Waals surface area contributed by atoms with E-state index in [2.05, 4.69) is 53.8 Å². The van der Waals surface area contributed by atoms with Gasteiger partial charge in [0.05, 0.1) is 19.3 Å². The van der Waals surface area contributed by atoms with E-state index in [4.69, 9.17) is 14.5 Å². The average Bonchev–Trinajstić information content (AvgIpc) is 3.32. The molecule has 1 unspecified atom stereocenters. The van der Waals surface area contributed by atoms with Crippen molar-refractivity contribution in [3.05, 3.63) is 35.4 Å². The lowest BCUT2D eigenvalue weighted by molar-refractivity contribution is 0.0420. The Balaban J connectivity index is 0.00000363. The van der Waals surface area contributed by atoms with Crippen LogP contribution in [0.15, 0.2) is 29.3 Å². The van der Waals surface area contributed by atoms with Crippen LogP contribution in [0, 0.1) is 0 Å². The fourth-order valence-corrected chi connectivity index (χ4v) is 4.46. The largest absolute Gasteiger partial charge is 0.379 e. The minimum atomic E-state index is 0. The molecule has 2 N–H and O–H groups in total. The van der Waals surface area contributed by atoms with Gasteiger partial charge in [0.1, 0.15) is 0 Å². The predicted octanol–water partition coefficient (Wildman–Crippen LogP) is 4.32. The predicted molar refractivity (Wildman–Crippen MR) is 143 cm³/mol. The molecule has 1 aliphatic heterocycles. The number of benzene rings is 1. The van der Waals surface area contributed by atoms with Crippen LogP contribution in [0.5, 0.6) is 0 Å². The first kappa shape index (κ1) is 27.3. The van der Waals surface area contributed by atoms with Gasteiger partial charge < -0.3 is 20.1 Å². The van der Waals surface area contributed by atoms with Gasteiger partial charge in [0.15, 0.2) is 5.96 Å². The van der Waals surface area contributed by atoms with Gasteiger partial charge in [-0.1, -0.05) is 43.5 Å². The zero-order valence-corrected chi connectivity index (χ0v) is 22.3. The normalized spacial score (nSPS) is 19.7. The van der Waals surface area contributed by atoms with Gasteiger partial charge in [-0.3, -0.25) is 4.90 Å². The highest BCUT2D eigenvalue weighted by atomic mass is 127.